The number of benzene rings is 1. The molecule has 2 atom stereocenters. The Balaban J connectivity index is 3.18. The Morgan fingerprint density at radius 2 is 1.58 bits per heavy atom. The van der Waals surface area contributed by atoms with Gasteiger partial charge in [-0.15, -0.1) is 0 Å². The molecule has 26 heavy (non-hydrogen) atoms. The van der Waals surface area contributed by atoms with Gasteiger partial charge in [0.1, 0.15) is 6.04 Å². The number of non-ortho nitro benzene ring substituents is 2. The van der Waals surface area contributed by atoms with Gasteiger partial charge in [0.15, 0.2) is 0 Å². The fourth-order valence-corrected chi connectivity index (χ4v) is 2.14. The van der Waals surface area contributed by atoms with Crippen molar-refractivity contribution in [2.75, 3.05) is 0 Å². The summed E-state index contributed by atoms with van der Waals surface area (Å²) >= 11 is 0. The van der Waals surface area contributed by atoms with E-state index in [0.717, 1.165) is 18.2 Å². The standard InChI is InChI=1S/C16H21N3O7/c1-5-10(4)14(16(21)26-9(2)3)17-15(20)11-6-12(18(22)23)8-13(7-11)19(24)25/h6-10,14H,5H2,1-4H3,(H,17,20)/t10-,14+/m0/s1. The van der Waals surface area contributed by atoms with E-state index in [-0.39, 0.29) is 17.6 Å². The number of ether oxygens (including phenoxy) is 1. The highest BCUT2D eigenvalue weighted by molar-refractivity contribution is 5.98. The summed E-state index contributed by atoms with van der Waals surface area (Å²) in [5.74, 6) is -1.73. The number of esters is 1. The zero-order valence-corrected chi connectivity index (χ0v) is 14.9. The van der Waals surface area contributed by atoms with Gasteiger partial charge in [-0.3, -0.25) is 25.0 Å². The van der Waals surface area contributed by atoms with Gasteiger partial charge in [-0.05, 0) is 19.8 Å². The predicted octanol–water partition coefficient (Wildman–Crippen LogP) is 2.60. The second-order valence-corrected chi connectivity index (χ2v) is 6.07. The molecule has 0 saturated heterocycles. The number of nitrogens with zero attached hydrogens (tertiary/aromatic N) is 2. The molecule has 0 radical (unpaired) electrons. The first-order chi connectivity index (χ1) is 12.1. The number of rotatable bonds is 8. The third kappa shape index (κ3) is 5.50. The van der Waals surface area contributed by atoms with Crippen LogP contribution in [0.2, 0.25) is 0 Å². The monoisotopic (exact) mass is 367 g/mol. The molecular formula is C16H21N3O7. The van der Waals surface area contributed by atoms with E-state index in [9.17, 15) is 29.8 Å². The van der Waals surface area contributed by atoms with Crippen LogP contribution in [0.25, 0.3) is 0 Å². The van der Waals surface area contributed by atoms with Crippen molar-refractivity contribution < 1.29 is 24.2 Å². The molecule has 0 unspecified atom stereocenters. The van der Waals surface area contributed by atoms with Crippen LogP contribution in [-0.2, 0) is 9.53 Å². The van der Waals surface area contributed by atoms with Gasteiger partial charge in [-0.2, -0.15) is 0 Å². The normalized spacial score (nSPS) is 13.0. The molecule has 0 bridgehead atoms. The fraction of sp³-hybridized carbons (Fsp3) is 0.500. The van der Waals surface area contributed by atoms with Crippen LogP contribution in [0.3, 0.4) is 0 Å². The van der Waals surface area contributed by atoms with Crippen molar-refractivity contribution in [2.24, 2.45) is 5.92 Å². The number of nitro groups is 2. The van der Waals surface area contributed by atoms with Crippen molar-refractivity contribution in [3.05, 3.63) is 44.0 Å². The largest absolute Gasteiger partial charge is 0.461 e. The molecule has 0 aliphatic heterocycles. The van der Waals surface area contributed by atoms with E-state index in [1.807, 2.05) is 6.92 Å². The topological polar surface area (TPSA) is 142 Å². The van der Waals surface area contributed by atoms with Gasteiger partial charge in [0.05, 0.1) is 27.6 Å². The Hall–Kier alpha value is -3.04. The van der Waals surface area contributed by atoms with Gasteiger partial charge in [0.2, 0.25) is 0 Å². The molecule has 0 heterocycles. The maximum absolute atomic E-state index is 12.5. The second kappa shape index (κ2) is 8.88. The molecule has 0 fully saturated rings. The van der Waals surface area contributed by atoms with Crippen LogP contribution in [0.5, 0.6) is 0 Å². The van der Waals surface area contributed by atoms with Gasteiger partial charge in [0.25, 0.3) is 17.3 Å². The van der Waals surface area contributed by atoms with Gasteiger partial charge in [-0.1, -0.05) is 20.3 Å². The molecule has 1 N–H and O–H groups in total. The van der Waals surface area contributed by atoms with Crippen LogP contribution in [0, 0.1) is 26.1 Å². The molecule has 0 aliphatic rings. The Morgan fingerprint density at radius 1 is 1.08 bits per heavy atom. The van der Waals surface area contributed by atoms with Crippen molar-refractivity contribution in [1.82, 2.24) is 5.32 Å². The van der Waals surface area contributed by atoms with E-state index in [4.69, 9.17) is 4.74 Å². The Morgan fingerprint density at radius 3 is 1.96 bits per heavy atom. The van der Waals surface area contributed by atoms with Gasteiger partial charge >= 0.3 is 5.97 Å². The van der Waals surface area contributed by atoms with Crippen LogP contribution < -0.4 is 5.32 Å². The van der Waals surface area contributed by atoms with Crippen molar-refractivity contribution in [2.45, 2.75) is 46.3 Å². The van der Waals surface area contributed by atoms with E-state index < -0.39 is 39.1 Å². The van der Waals surface area contributed by atoms with Crippen LogP contribution in [0.15, 0.2) is 18.2 Å². The number of carbonyl (C=O) groups excluding carboxylic acids is 2. The molecule has 0 spiro atoms. The number of nitrogens with one attached hydrogen (secondary N) is 1. The molecule has 0 aliphatic carbocycles. The van der Waals surface area contributed by atoms with Gasteiger partial charge in [0, 0.05) is 12.1 Å². The average Bonchev–Trinajstić information content (AvgIpc) is 2.57. The first kappa shape index (κ1) is 21.0. The highest BCUT2D eigenvalue weighted by atomic mass is 16.6. The number of carbonyl (C=O) groups is 2. The SMILES string of the molecule is CC[C@H](C)[C@@H](NC(=O)c1cc([N+](=O)[O-])cc([N+](=O)[O-])c1)C(=O)OC(C)C. The van der Waals surface area contributed by atoms with Crippen LogP contribution >= 0.6 is 0 Å². The molecule has 10 heteroatoms. The van der Waals surface area contributed by atoms with E-state index in [2.05, 4.69) is 5.32 Å². The first-order valence-corrected chi connectivity index (χ1v) is 8.02. The molecule has 1 aromatic rings. The summed E-state index contributed by atoms with van der Waals surface area (Å²) in [5, 5.41) is 24.3. The van der Waals surface area contributed by atoms with Gasteiger partial charge < -0.3 is 10.1 Å². The minimum absolute atomic E-state index is 0.265. The van der Waals surface area contributed by atoms with Crippen LogP contribution in [-0.4, -0.2) is 33.9 Å². The third-order valence-electron chi connectivity index (χ3n) is 3.69. The highest BCUT2D eigenvalue weighted by Crippen LogP contribution is 2.23. The van der Waals surface area contributed by atoms with Crippen LogP contribution in [0.1, 0.15) is 44.5 Å². The maximum Gasteiger partial charge on any atom is 0.329 e. The summed E-state index contributed by atoms with van der Waals surface area (Å²) in [7, 11) is 0. The predicted molar refractivity (Wildman–Crippen MR) is 91.7 cm³/mol. The number of hydrogen-bond donors (Lipinski definition) is 1. The summed E-state index contributed by atoms with van der Waals surface area (Å²) in [6.07, 6.45) is 0.178. The molecule has 1 rings (SSSR count). The van der Waals surface area contributed by atoms with Crippen LogP contribution in [0.4, 0.5) is 11.4 Å². The summed E-state index contributed by atoms with van der Waals surface area (Å²) < 4.78 is 5.13. The summed E-state index contributed by atoms with van der Waals surface area (Å²) in [5.41, 5.74) is -1.46. The number of nitro benzene ring substituents is 2. The lowest BCUT2D eigenvalue weighted by atomic mass is 9.98. The van der Waals surface area contributed by atoms with Crippen molar-refractivity contribution in [3.8, 4) is 0 Å². The lowest BCUT2D eigenvalue weighted by Crippen LogP contribution is -2.46. The zero-order valence-electron chi connectivity index (χ0n) is 14.9. The Labute approximate surface area is 149 Å². The summed E-state index contributed by atoms with van der Waals surface area (Å²) in [6.45, 7) is 6.89. The van der Waals surface area contributed by atoms with Crippen molar-refractivity contribution in [3.63, 3.8) is 0 Å². The third-order valence-corrected chi connectivity index (χ3v) is 3.69. The van der Waals surface area contributed by atoms with E-state index >= 15 is 0 Å². The number of amides is 1. The average molecular weight is 367 g/mol. The Kier molecular flexibility index (Phi) is 7.17. The smallest absolute Gasteiger partial charge is 0.329 e. The first-order valence-electron chi connectivity index (χ1n) is 8.02. The molecule has 142 valence electrons. The lowest BCUT2D eigenvalue weighted by Gasteiger charge is -2.23. The molecular weight excluding hydrogens is 346 g/mol. The van der Waals surface area contributed by atoms with E-state index in [1.165, 1.54) is 0 Å². The lowest BCUT2D eigenvalue weighted by molar-refractivity contribution is -0.394. The molecule has 1 amide bonds. The minimum Gasteiger partial charge on any atom is -0.461 e. The van der Waals surface area contributed by atoms with E-state index in [1.54, 1.807) is 20.8 Å². The van der Waals surface area contributed by atoms with Crippen molar-refractivity contribution in [1.29, 1.82) is 0 Å². The highest BCUT2D eigenvalue weighted by Gasteiger charge is 2.29. The second-order valence-electron chi connectivity index (χ2n) is 6.07. The summed E-state index contributed by atoms with van der Waals surface area (Å²) in [6, 6.07) is 1.62. The maximum atomic E-state index is 12.5. The van der Waals surface area contributed by atoms with Gasteiger partial charge in [-0.25, -0.2) is 4.79 Å². The molecule has 0 aromatic heterocycles. The molecule has 10 nitrogen and oxygen atoms in total. The molecule has 1 aromatic carbocycles. The zero-order chi connectivity index (χ0) is 20.0. The molecule has 0 saturated carbocycles. The minimum atomic E-state index is -0.979. The van der Waals surface area contributed by atoms with E-state index in [0.29, 0.717) is 6.42 Å². The quantitative estimate of drug-likeness (QED) is 0.423. The van der Waals surface area contributed by atoms with Crippen molar-refractivity contribution >= 4 is 23.3 Å². The number of hydrogen-bond acceptors (Lipinski definition) is 7. The Bertz CT molecular complexity index is 686. The fourth-order valence-electron chi connectivity index (χ4n) is 2.14. The summed E-state index contributed by atoms with van der Waals surface area (Å²) in [4.78, 5) is 44.9.